The van der Waals surface area contributed by atoms with Crippen molar-refractivity contribution in [1.29, 1.82) is 0 Å². The molecular formula is C17H21N3O3. The van der Waals surface area contributed by atoms with E-state index in [-0.39, 0.29) is 37.0 Å². The van der Waals surface area contributed by atoms with E-state index in [4.69, 9.17) is 0 Å². The summed E-state index contributed by atoms with van der Waals surface area (Å²) in [5, 5.41) is 5.56. The van der Waals surface area contributed by atoms with Crippen molar-refractivity contribution in [2.45, 2.75) is 44.7 Å². The third-order valence-corrected chi connectivity index (χ3v) is 4.41. The molecule has 0 atom stereocenters. The molecular weight excluding hydrogens is 294 g/mol. The fourth-order valence-electron chi connectivity index (χ4n) is 3.12. The van der Waals surface area contributed by atoms with Crippen molar-refractivity contribution >= 4 is 17.8 Å². The molecule has 2 N–H and O–H groups in total. The van der Waals surface area contributed by atoms with Crippen molar-refractivity contribution in [3.05, 3.63) is 35.4 Å². The zero-order chi connectivity index (χ0) is 16.2. The minimum Gasteiger partial charge on any atom is -0.349 e. The van der Waals surface area contributed by atoms with Crippen molar-refractivity contribution in [3.8, 4) is 0 Å². The van der Waals surface area contributed by atoms with E-state index < -0.39 is 0 Å². The van der Waals surface area contributed by atoms with Crippen LogP contribution in [-0.4, -0.2) is 35.3 Å². The maximum absolute atomic E-state index is 12.4. The zero-order valence-corrected chi connectivity index (χ0v) is 13.0. The van der Waals surface area contributed by atoms with Gasteiger partial charge in [0.25, 0.3) is 5.91 Å². The molecule has 1 heterocycles. The zero-order valence-electron chi connectivity index (χ0n) is 13.0. The molecule has 0 radical (unpaired) electrons. The minimum absolute atomic E-state index is 0.0424. The Morgan fingerprint density at radius 2 is 2.00 bits per heavy atom. The van der Waals surface area contributed by atoms with Gasteiger partial charge in [-0.15, -0.1) is 0 Å². The summed E-state index contributed by atoms with van der Waals surface area (Å²) in [4.78, 5) is 36.7. The standard InChI is InChI=1S/C17H21N3O3/c21-15-10-18-17(23)20(15)11-12-5-4-6-13(9-12)16(22)19-14-7-2-1-3-8-14/h4-6,9,14H,1-3,7-8,10-11H2,(H,18,23)(H,19,22). The smallest absolute Gasteiger partial charge is 0.324 e. The topological polar surface area (TPSA) is 78.5 Å². The highest BCUT2D eigenvalue weighted by atomic mass is 16.2. The number of nitrogens with zero attached hydrogens (tertiary/aromatic N) is 1. The normalized spacial score (nSPS) is 18.9. The number of amides is 4. The molecule has 2 aliphatic rings. The van der Waals surface area contributed by atoms with E-state index in [0.29, 0.717) is 5.56 Å². The Morgan fingerprint density at radius 3 is 2.70 bits per heavy atom. The average molecular weight is 315 g/mol. The number of benzene rings is 1. The highest BCUT2D eigenvalue weighted by Gasteiger charge is 2.28. The van der Waals surface area contributed by atoms with E-state index in [9.17, 15) is 14.4 Å². The summed E-state index contributed by atoms with van der Waals surface area (Å²) >= 11 is 0. The van der Waals surface area contributed by atoms with Crippen LogP contribution in [0.25, 0.3) is 0 Å². The number of urea groups is 1. The van der Waals surface area contributed by atoms with Crippen LogP contribution in [0, 0.1) is 0 Å². The fourth-order valence-corrected chi connectivity index (χ4v) is 3.12. The Kier molecular flexibility index (Phi) is 4.60. The van der Waals surface area contributed by atoms with Crippen molar-refractivity contribution in [2.75, 3.05) is 6.54 Å². The Labute approximate surface area is 135 Å². The first-order valence-corrected chi connectivity index (χ1v) is 8.11. The molecule has 1 aromatic rings. The van der Waals surface area contributed by atoms with Gasteiger partial charge in [-0.05, 0) is 30.5 Å². The van der Waals surface area contributed by atoms with Crippen LogP contribution in [0.2, 0.25) is 0 Å². The SMILES string of the molecule is O=C(NC1CCCCC1)c1cccc(CN2C(=O)CNC2=O)c1. The number of carbonyl (C=O) groups is 3. The first kappa shape index (κ1) is 15.5. The molecule has 122 valence electrons. The van der Waals surface area contributed by atoms with Crippen molar-refractivity contribution in [1.82, 2.24) is 15.5 Å². The quantitative estimate of drug-likeness (QED) is 0.832. The van der Waals surface area contributed by atoms with E-state index in [2.05, 4.69) is 10.6 Å². The van der Waals surface area contributed by atoms with Gasteiger partial charge in [-0.2, -0.15) is 0 Å². The third-order valence-electron chi connectivity index (χ3n) is 4.41. The highest BCUT2D eigenvalue weighted by Crippen LogP contribution is 2.18. The van der Waals surface area contributed by atoms with Gasteiger partial charge < -0.3 is 10.6 Å². The lowest BCUT2D eigenvalue weighted by Crippen LogP contribution is -2.36. The molecule has 1 saturated carbocycles. The van der Waals surface area contributed by atoms with Crippen LogP contribution in [0.1, 0.15) is 48.0 Å². The molecule has 6 nitrogen and oxygen atoms in total. The summed E-state index contributed by atoms with van der Waals surface area (Å²) in [6, 6.07) is 6.97. The molecule has 3 rings (SSSR count). The monoisotopic (exact) mass is 315 g/mol. The molecule has 0 unspecified atom stereocenters. The Balaban J connectivity index is 1.65. The second kappa shape index (κ2) is 6.81. The molecule has 0 bridgehead atoms. The molecule has 1 aromatic carbocycles. The molecule has 1 saturated heterocycles. The lowest BCUT2D eigenvalue weighted by molar-refractivity contribution is -0.125. The van der Waals surface area contributed by atoms with E-state index in [0.717, 1.165) is 36.1 Å². The molecule has 6 heteroatoms. The summed E-state index contributed by atoms with van der Waals surface area (Å²) in [7, 11) is 0. The lowest BCUT2D eigenvalue weighted by atomic mass is 9.95. The molecule has 4 amide bonds. The molecule has 1 aliphatic heterocycles. The number of nitrogens with one attached hydrogen (secondary N) is 2. The summed E-state index contributed by atoms with van der Waals surface area (Å²) < 4.78 is 0. The van der Waals surface area contributed by atoms with Gasteiger partial charge in [0.2, 0.25) is 5.91 Å². The van der Waals surface area contributed by atoms with Gasteiger partial charge in [0.1, 0.15) is 0 Å². The van der Waals surface area contributed by atoms with Crippen LogP contribution >= 0.6 is 0 Å². The van der Waals surface area contributed by atoms with Gasteiger partial charge in [0.15, 0.2) is 0 Å². The van der Waals surface area contributed by atoms with Gasteiger partial charge in [0.05, 0.1) is 13.1 Å². The number of carbonyl (C=O) groups excluding carboxylic acids is 3. The predicted molar refractivity (Wildman–Crippen MR) is 84.7 cm³/mol. The van der Waals surface area contributed by atoms with Gasteiger partial charge in [-0.3, -0.25) is 14.5 Å². The van der Waals surface area contributed by atoms with Crippen molar-refractivity contribution in [3.63, 3.8) is 0 Å². The van der Waals surface area contributed by atoms with Gasteiger partial charge >= 0.3 is 6.03 Å². The van der Waals surface area contributed by atoms with Gasteiger partial charge in [0, 0.05) is 11.6 Å². The average Bonchev–Trinajstić information content (AvgIpc) is 2.88. The second-order valence-electron chi connectivity index (χ2n) is 6.15. The second-order valence-corrected chi connectivity index (χ2v) is 6.15. The maximum Gasteiger partial charge on any atom is 0.324 e. The van der Waals surface area contributed by atoms with Crippen molar-refractivity contribution < 1.29 is 14.4 Å². The largest absolute Gasteiger partial charge is 0.349 e. The van der Waals surface area contributed by atoms with Crippen LogP contribution < -0.4 is 10.6 Å². The van der Waals surface area contributed by atoms with Crippen LogP contribution in [0.4, 0.5) is 4.79 Å². The number of hydrogen-bond acceptors (Lipinski definition) is 3. The maximum atomic E-state index is 12.4. The van der Waals surface area contributed by atoms with Crippen LogP contribution in [0.15, 0.2) is 24.3 Å². The van der Waals surface area contributed by atoms with E-state index in [1.165, 1.54) is 6.42 Å². The van der Waals surface area contributed by atoms with Crippen LogP contribution in [-0.2, 0) is 11.3 Å². The van der Waals surface area contributed by atoms with E-state index in [1.807, 2.05) is 6.07 Å². The molecule has 1 aliphatic carbocycles. The van der Waals surface area contributed by atoms with E-state index in [1.54, 1.807) is 18.2 Å². The molecule has 2 fully saturated rings. The fraction of sp³-hybridized carbons (Fsp3) is 0.471. The predicted octanol–water partition coefficient (Wildman–Crippen LogP) is 1.80. The summed E-state index contributed by atoms with van der Waals surface area (Å²) in [6.07, 6.45) is 5.64. The number of hydrogen-bond donors (Lipinski definition) is 2. The number of rotatable bonds is 4. The molecule has 0 aromatic heterocycles. The Morgan fingerprint density at radius 1 is 1.22 bits per heavy atom. The molecule has 23 heavy (non-hydrogen) atoms. The van der Waals surface area contributed by atoms with Crippen molar-refractivity contribution in [2.24, 2.45) is 0 Å². The van der Waals surface area contributed by atoms with E-state index >= 15 is 0 Å². The van der Waals surface area contributed by atoms with Crippen LogP contribution in [0.5, 0.6) is 0 Å². The van der Waals surface area contributed by atoms with Crippen LogP contribution in [0.3, 0.4) is 0 Å². The number of imide groups is 1. The minimum atomic E-state index is -0.382. The first-order valence-electron chi connectivity index (χ1n) is 8.11. The summed E-state index contributed by atoms with van der Waals surface area (Å²) in [5.74, 6) is -0.331. The highest BCUT2D eigenvalue weighted by molar-refractivity contribution is 6.02. The summed E-state index contributed by atoms with van der Waals surface area (Å²) in [5.41, 5.74) is 1.34. The first-order chi connectivity index (χ1) is 11.1. The third kappa shape index (κ3) is 3.70. The Bertz CT molecular complexity index is 607. The molecule has 0 spiro atoms. The lowest BCUT2D eigenvalue weighted by Gasteiger charge is -2.23. The Hall–Kier alpha value is -2.37. The summed E-state index contributed by atoms with van der Waals surface area (Å²) in [6.45, 7) is 0.232. The van der Waals surface area contributed by atoms with Gasteiger partial charge in [-0.1, -0.05) is 31.4 Å². The van der Waals surface area contributed by atoms with Gasteiger partial charge in [-0.25, -0.2) is 4.79 Å².